The highest BCUT2D eigenvalue weighted by molar-refractivity contribution is 6.00. The standard InChI is InChI=1S/C14H13NO5/c1-8(2)20-14(19)10(7-15)5-9-3-4-11(16)6-12(9)13(17)18/h3-6,8,16H,1-2H3,(H,17,18)/b10-5+. The summed E-state index contributed by atoms with van der Waals surface area (Å²) in [5.74, 6) is -2.32. The van der Waals surface area contributed by atoms with Gasteiger partial charge in [0, 0.05) is 0 Å². The lowest BCUT2D eigenvalue weighted by atomic mass is 10.0. The molecule has 0 saturated carbocycles. The molecule has 0 spiro atoms. The van der Waals surface area contributed by atoms with E-state index in [1.807, 2.05) is 0 Å². The first-order valence-corrected chi connectivity index (χ1v) is 5.74. The number of carboxylic acids is 1. The van der Waals surface area contributed by atoms with Crippen molar-refractivity contribution >= 4 is 18.0 Å². The van der Waals surface area contributed by atoms with E-state index in [1.54, 1.807) is 19.9 Å². The Labute approximate surface area is 115 Å². The third-order valence-corrected chi connectivity index (χ3v) is 2.25. The lowest BCUT2D eigenvalue weighted by Crippen LogP contribution is -2.13. The molecule has 0 fully saturated rings. The SMILES string of the molecule is CC(C)OC(=O)/C(C#N)=C/c1ccc(O)cc1C(=O)O. The summed E-state index contributed by atoms with van der Waals surface area (Å²) in [6.07, 6.45) is 0.728. The number of rotatable bonds is 4. The zero-order valence-electron chi connectivity index (χ0n) is 11.0. The number of benzene rings is 1. The van der Waals surface area contributed by atoms with Crippen LogP contribution in [0.5, 0.6) is 5.75 Å². The van der Waals surface area contributed by atoms with Gasteiger partial charge in [0.1, 0.15) is 17.4 Å². The molecule has 0 radical (unpaired) electrons. The number of esters is 1. The van der Waals surface area contributed by atoms with Crippen LogP contribution in [0.2, 0.25) is 0 Å². The highest BCUT2D eigenvalue weighted by Gasteiger charge is 2.15. The average Bonchev–Trinajstić information content (AvgIpc) is 2.36. The lowest BCUT2D eigenvalue weighted by molar-refractivity contribution is -0.142. The van der Waals surface area contributed by atoms with E-state index in [0.29, 0.717) is 0 Å². The summed E-state index contributed by atoms with van der Waals surface area (Å²) in [5, 5.41) is 27.2. The van der Waals surface area contributed by atoms with Gasteiger partial charge >= 0.3 is 11.9 Å². The van der Waals surface area contributed by atoms with Gasteiger partial charge in [-0.3, -0.25) is 0 Å². The minimum Gasteiger partial charge on any atom is -0.508 e. The monoisotopic (exact) mass is 275 g/mol. The van der Waals surface area contributed by atoms with Crippen LogP contribution in [0.25, 0.3) is 6.08 Å². The predicted octanol–water partition coefficient (Wildman–Crippen LogP) is 1.95. The van der Waals surface area contributed by atoms with Crippen LogP contribution in [-0.4, -0.2) is 28.3 Å². The number of nitriles is 1. The van der Waals surface area contributed by atoms with Gasteiger partial charge in [0.05, 0.1) is 11.7 Å². The van der Waals surface area contributed by atoms with Crippen LogP contribution in [0.15, 0.2) is 23.8 Å². The number of carbonyl (C=O) groups excluding carboxylic acids is 1. The zero-order valence-corrected chi connectivity index (χ0v) is 11.0. The molecule has 1 aromatic rings. The predicted molar refractivity (Wildman–Crippen MR) is 69.9 cm³/mol. The number of hydrogen-bond acceptors (Lipinski definition) is 5. The largest absolute Gasteiger partial charge is 0.508 e. The number of ether oxygens (including phenoxy) is 1. The zero-order chi connectivity index (χ0) is 15.3. The van der Waals surface area contributed by atoms with Gasteiger partial charge in [0.25, 0.3) is 0 Å². The molecule has 1 aromatic carbocycles. The third-order valence-electron chi connectivity index (χ3n) is 2.25. The summed E-state index contributed by atoms with van der Waals surface area (Å²) in [7, 11) is 0. The van der Waals surface area contributed by atoms with Gasteiger partial charge in [-0.1, -0.05) is 6.07 Å². The quantitative estimate of drug-likeness (QED) is 0.494. The van der Waals surface area contributed by atoms with E-state index in [0.717, 1.165) is 12.1 Å². The molecule has 0 aliphatic carbocycles. The molecule has 104 valence electrons. The van der Waals surface area contributed by atoms with Gasteiger partial charge in [0.2, 0.25) is 0 Å². The van der Waals surface area contributed by atoms with Gasteiger partial charge in [-0.2, -0.15) is 5.26 Å². The Morgan fingerprint density at radius 1 is 1.40 bits per heavy atom. The lowest BCUT2D eigenvalue weighted by Gasteiger charge is -2.07. The second-order valence-electron chi connectivity index (χ2n) is 4.20. The number of aromatic carboxylic acids is 1. The van der Waals surface area contributed by atoms with Gasteiger partial charge in [-0.25, -0.2) is 9.59 Å². The van der Waals surface area contributed by atoms with Crippen molar-refractivity contribution in [3.63, 3.8) is 0 Å². The van der Waals surface area contributed by atoms with E-state index in [1.165, 1.54) is 12.1 Å². The molecule has 0 unspecified atom stereocenters. The highest BCUT2D eigenvalue weighted by Crippen LogP contribution is 2.19. The van der Waals surface area contributed by atoms with Crippen molar-refractivity contribution < 1.29 is 24.5 Å². The topological polar surface area (TPSA) is 108 Å². The number of phenols is 1. The van der Waals surface area contributed by atoms with E-state index in [9.17, 15) is 14.7 Å². The first-order chi connectivity index (χ1) is 9.35. The second kappa shape index (κ2) is 6.38. The normalized spacial score (nSPS) is 11.0. The smallest absolute Gasteiger partial charge is 0.349 e. The fourth-order valence-corrected chi connectivity index (χ4v) is 1.43. The first kappa shape index (κ1) is 15.2. The van der Waals surface area contributed by atoms with Crippen molar-refractivity contribution in [3.05, 3.63) is 34.9 Å². The Kier molecular flexibility index (Phi) is 4.87. The highest BCUT2D eigenvalue weighted by atomic mass is 16.5. The Morgan fingerprint density at radius 2 is 2.05 bits per heavy atom. The van der Waals surface area contributed by atoms with Crippen LogP contribution in [0.1, 0.15) is 29.8 Å². The van der Waals surface area contributed by atoms with E-state index in [-0.39, 0.29) is 22.4 Å². The maximum Gasteiger partial charge on any atom is 0.349 e. The van der Waals surface area contributed by atoms with Crippen LogP contribution in [-0.2, 0) is 9.53 Å². The number of carboxylic acid groups (broad SMARTS) is 1. The van der Waals surface area contributed by atoms with Gasteiger partial charge in [-0.15, -0.1) is 0 Å². The molecule has 6 heteroatoms. The summed E-state index contributed by atoms with van der Waals surface area (Å²) in [4.78, 5) is 22.7. The van der Waals surface area contributed by atoms with Crippen molar-refractivity contribution in [3.8, 4) is 11.8 Å². The van der Waals surface area contributed by atoms with Crippen molar-refractivity contribution in [1.82, 2.24) is 0 Å². The van der Waals surface area contributed by atoms with Crippen LogP contribution >= 0.6 is 0 Å². The molecule has 0 atom stereocenters. The van der Waals surface area contributed by atoms with Crippen LogP contribution in [0.3, 0.4) is 0 Å². The number of carbonyl (C=O) groups is 2. The summed E-state index contributed by atoms with van der Waals surface area (Å²) < 4.78 is 4.87. The molecule has 0 aromatic heterocycles. The summed E-state index contributed by atoms with van der Waals surface area (Å²) in [6.45, 7) is 3.27. The molecular formula is C14H13NO5. The van der Waals surface area contributed by atoms with Gasteiger partial charge in [0.15, 0.2) is 0 Å². The van der Waals surface area contributed by atoms with Crippen LogP contribution < -0.4 is 0 Å². The first-order valence-electron chi connectivity index (χ1n) is 5.74. The van der Waals surface area contributed by atoms with E-state index in [4.69, 9.17) is 15.1 Å². The minimum atomic E-state index is -1.28. The van der Waals surface area contributed by atoms with E-state index >= 15 is 0 Å². The second-order valence-corrected chi connectivity index (χ2v) is 4.20. The van der Waals surface area contributed by atoms with Crippen LogP contribution in [0.4, 0.5) is 0 Å². The molecule has 2 N–H and O–H groups in total. The Hall–Kier alpha value is -2.81. The number of phenolic OH excluding ortho intramolecular Hbond substituents is 1. The van der Waals surface area contributed by atoms with Crippen molar-refractivity contribution in [2.75, 3.05) is 0 Å². The molecule has 0 aliphatic rings. The molecule has 0 amide bonds. The summed E-state index contributed by atoms with van der Waals surface area (Å²) in [6, 6.07) is 5.28. The molecular weight excluding hydrogens is 262 g/mol. The molecule has 1 rings (SSSR count). The summed E-state index contributed by atoms with van der Waals surface area (Å²) >= 11 is 0. The van der Waals surface area contributed by atoms with Gasteiger partial charge in [-0.05, 0) is 37.6 Å². The molecule has 0 bridgehead atoms. The fourth-order valence-electron chi connectivity index (χ4n) is 1.43. The minimum absolute atomic E-state index is 0.132. The number of nitrogens with zero attached hydrogens (tertiary/aromatic N) is 1. The number of hydrogen-bond donors (Lipinski definition) is 2. The average molecular weight is 275 g/mol. The van der Waals surface area contributed by atoms with Crippen LogP contribution in [0, 0.1) is 11.3 Å². The molecule has 6 nitrogen and oxygen atoms in total. The summed E-state index contributed by atoms with van der Waals surface area (Å²) in [5.41, 5.74) is -0.394. The fraction of sp³-hybridized carbons (Fsp3) is 0.214. The van der Waals surface area contributed by atoms with Crippen molar-refractivity contribution in [2.45, 2.75) is 20.0 Å². The maximum absolute atomic E-state index is 11.6. The maximum atomic E-state index is 11.6. The van der Waals surface area contributed by atoms with Crippen molar-refractivity contribution in [1.29, 1.82) is 5.26 Å². The van der Waals surface area contributed by atoms with Crippen molar-refractivity contribution in [2.24, 2.45) is 0 Å². The molecule has 0 saturated heterocycles. The Morgan fingerprint density at radius 3 is 2.55 bits per heavy atom. The molecule has 0 aliphatic heterocycles. The Balaban J connectivity index is 3.24. The van der Waals surface area contributed by atoms with E-state index in [2.05, 4.69) is 0 Å². The molecule has 20 heavy (non-hydrogen) atoms. The van der Waals surface area contributed by atoms with Gasteiger partial charge < -0.3 is 14.9 Å². The number of aromatic hydroxyl groups is 1. The van der Waals surface area contributed by atoms with E-state index < -0.39 is 18.0 Å². The third kappa shape index (κ3) is 3.85. The molecule has 0 heterocycles. The Bertz CT molecular complexity index is 610.